The first-order valence-corrected chi connectivity index (χ1v) is 6.69. The van der Waals surface area contributed by atoms with Crippen molar-refractivity contribution in [2.24, 2.45) is 0 Å². The number of rotatable bonds is 6. The Morgan fingerprint density at radius 1 is 1.56 bits per heavy atom. The van der Waals surface area contributed by atoms with Crippen LogP contribution in [0.1, 0.15) is 50.7 Å². The van der Waals surface area contributed by atoms with Crippen LogP contribution in [0.3, 0.4) is 0 Å². The highest BCUT2D eigenvalue weighted by Gasteiger charge is 2.20. The minimum Gasteiger partial charge on any atom is -0.394 e. The first kappa shape index (κ1) is 13.6. The third-order valence-electron chi connectivity index (χ3n) is 2.89. The largest absolute Gasteiger partial charge is 0.394 e. The Labute approximate surface area is 102 Å². The summed E-state index contributed by atoms with van der Waals surface area (Å²) in [5.41, 5.74) is 0.878. The molecule has 1 aromatic heterocycles. The molecule has 1 heterocycles. The van der Waals surface area contributed by atoms with Crippen LogP contribution >= 0.6 is 11.3 Å². The molecule has 0 saturated carbocycles. The fourth-order valence-corrected chi connectivity index (χ4v) is 2.10. The molecule has 0 fully saturated rings. The molecule has 0 aliphatic carbocycles. The van der Waals surface area contributed by atoms with Crippen molar-refractivity contribution in [3.63, 3.8) is 0 Å². The van der Waals surface area contributed by atoms with Crippen molar-refractivity contribution in [2.75, 3.05) is 6.61 Å². The van der Waals surface area contributed by atoms with Crippen LogP contribution in [0.25, 0.3) is 0 Å². The lowest BCUT2D eigenvalue weighted by atomic mass is 10.0. The maximum atomic E-state index is 9.28. The van der Waals surface area contributed by atoms with Crippen LogP contribution in [0, 0.1) is 0 Å². The first-order chi connectivity index (χ1) is 7.50. The molecule has 0 amide bonds. The summed E-state index contributed by atoms with van der Waals surface area (Å²) in [6, 6.07) is 0. The zero-order valence-corrected chi connectivity index (χ0v) is 11.4. The second-order valence-electron chi connectivity index (χ2n) is 4.76. The number of aromatic nitrogens is 1. The molecule has 0 bridgehead atoms. The maximum absolute atomic E-state index is 9.28. The van der Waals surface area contributed by atoms with Crippen LogP contribution < -0.4 is 5.32 Å². The van der Waals surface area contributed by atoms with Gasteiger partial charge in [-0.2, -0.15) is 0 Å². The van der Waals surface area contributed by atoms with Crippen molar-refractivity contribution < 1.29 is 5.11 Å². The molecule has 0 aromatic carbocycles. The van der Waals surface area contributed by atoms with Gasteiger partial charge in [-0.3, -0.25) is 0 Å². The first-order valence-electron chi connectivity index (χ1n) is 5.81. The predicted octanol–water partition coefficient (Wildman–Crippen LogP) is 2.52. The van der Waals surface area contributed by atoms with Gasteiger partial charge in [-0.1, -0.05) is 20.8 Å². The lowest BCUT2D eigenvalue weighted by Gasteiger charge is -2.26. The van der Waals surface area contributed by atoms with E-state index in [9.17, 15) is 5.11 Å². The van der Waals surface area contributed by atoms with Crippen molar-refractivity contribution in [2.45, 2.75) is 52.1 Å². The van der Waals surface area contributed by atoms with Crippen LogP contribution in [-0.2, 0) is 6.54 Å². The molecule has 0 saturated heterocycles. The molecule has 1 aromatic rings. The van der Waals surface area contributed by atoms with Gasteiger partial charge in [-0.15, -0.1) is 11.3 Å². The topological polar surface area (TPSA) is 45.1 Å². The van der Waals surface area contributed by atoms with Crippen molar-refractivity contribution in [3.05, 3.63) is 16.1 Å². The molecule has 0 aliphatic heterocycles. The summed E-state index contributed by atoms with van der Waals surface area (Å²) in [5.74, 6) is 0.495. The molecule has 16 heavy (non-hydrogen) atoms. The van der Waals surface area contributed by atoms with Gasteiger partial charge in [0.15, 0.2) is 0 Å². The van der Waals surface area contributed by atoms with E-state index in [0.717, 1.165) is 18.7 Å². The van der Waals surface area contributed by atoms with Gasteiger partial charge in [0.1, 0.15) is 0 Å². The molecule has 1 rings (SSSR count). The van der Waals surface area contributed by atoms with Crippen molar-refractivity contribution >= 4 is 11.3 Å². The van der Waals surface area contributed by atoms with E-state index in [1.165, 1.54) is 5.01 Å². The van der Waals surface area contributed by atoms with E-state index in [4.69, 9.17) is 0 Å². The number of thiazole rings is 1. The zero-order valence-electron chi connectivity index (χ0n) is 10.6. The second kappa shape index (κ2) is 5.75. The van der Waals surface area contributed by atoms with Crippen LogP contribution in [0.2, 0.25) is 0 Å². The summed E-state index contributed by atoms with van der Waals surface area (Å²) < 4.78 is 0. The molecule has 0 aliphatic rings. The monoisotopic (exact) mass is 242 g/mol. The normalized spacial score (nSPS) is 15.4. The lowest BCUT2D eigenvalue weighted by molar-refractivity contribution is 0.168. The molecule has 1 unspecified atom stereocenters. The molecular formula is C12H22N2OS. The summed E-state index contributed by atoms with van der Waals surface area (Å²) in [7, 11) is 0. The number of aliphatic hydroxyl groups excluding tert-OH is 1. The highest BCUT2D eigenvalue weighted by atomic mass is 32.1. The van der Waals surface area contributed by atoms with Crippen LogP contribution in [0.15, 0.2) is 5.38 Å². The van der Waals surface area contributed by atoms with E-state index in [0.29, 0.717) is 5.92 Å². The minimum atomic E-state index is -0.193. The smallest absolute Gasteiger partial charge is 0.0954 e. The Hall–Kier alpha value is -0.450. The number of hydrogen-bond donors (Lipinski definition) is 2. The van der Waals surface area contributed by atoms with Gasteiger partial charge in [0.25, 0.3) is 0 Å². The molecule has 0 radical (unpaired) electrons. The molecule has 3 nitrogen and oxygen atoms in total. The summed E-state index contributed by atoms with van der Waals surface area (Å²) in [6.07, 6.45) is 0.907. The van der Waals surface area contributed by atoms with Gasteiger partial charge >= 0.3 is 0 Å². The Morgan fingerprint density at radius 2 is 2.25 bits per heavy atom. The SMILES string of the molecule is CCC(C)(CO)NCc1csc(C(C)C)n1. The number of aliphatic hydroxyl groups is 1. The Bertz CT molecular complexity index is 319. The van der Waals surface area contributed by atoms with Gasteiger partial charge in [-0.25, -0.2) is 4.98 Å². The number of nitrogens with zero attached hydrogens (tertiary/aromatic N) is 1. The van der Waals surface area contributed by atoms with E-state index < -0.39 is 0 Å². The number of hydrogen-bond acceptors (Lipinski definition) is 4. The van der Waals surface area contributed by atoms with Crippen LogP contribution in [0.5, 0.6) is 0 Å². The van der Waals surface area contributed by atoms with Crippen LogP contribution in [-0.4, -0.2) is 22.2 Å². The minimum absolute atomic E-state index is 0.157. The third kappa shape index (κ3) is 3.54. The van der Waals surface area contributed by atoms with E-state index in [-0.39, 0.29) is 12.1 Å². The van der Waals surface area contributed by atoms with Crippen molar-refractivity contribution in [1.29, 1.82) is 0 Å². The van der Waals surface area contributed by atoms with E-state index in [1.54, 1.807) is 11.3 Å². The van der Waals surface area contributed by atoms with Gasteiger partial charge in [-0.05, 0) is 13.3 Å². The Kier molecular flexibility index (Phi) is 4.89. The van der Waals surface area contributed by atoms with Gasteiger partial charge in [0.05, 0.1) is 17.3 Å². The van der Waals surface area contributed by atoms with Crippen molar-refractivity contribution in [1.82, 2.24) is 10.3 Å². The summed E-state index contributed by atoms with van der Waals surface area (Å²) in [5, 5.41) is 15.9. The third-order valence-corrected chi connectivity index (χ3v) is 4.08. The van der Waals surface area contributed by atoms with Crippen molar-refractivity contribution in [3.8, 4) is 0 Å². The Morgan fingerprint density at radius 3 is 2.69 bits per heavy atom. The standard InChI is InChI=1S/C12H22N2OS/c1-5-12(4,8-15)13-6-10-7-16-11(14-10)9(2)3/h7,9,13,15H,5-6,8H2,1-4H3. The highest BCUT2D eigenvalue weighted by molar-refractivity contribution is 7.09. The fourth-order valence-electron chi connectivity index (χ4n) is 1.27. The van der Waals surface area contributed by atoms with Gasteiger partial charge in [0, 0.05) is 23.4 Å². The second-order valence-corrected chi connectivity index (χ2v) is 5.65. The van der Waals surface area contributed by atoms with Gasteiger partial charge < -0.3 is 10.4 Å². The summed E-state index contributed by atoms with van der Waals surface area (Å²) in [4.78, 5) is 4.56. The van der Waals surface area contributed by atoms with Gasteiger partial charge in [0.2, 0.25) is 0 Å². The Balaban J connectivity index is 2.54. The average Bonchev–Trinajstić information content (AvgIpc) is 2.75. The summed E-state index contributed by atoms with van der Waals surface area (Å²) in [6.45, 7) is 9.30. The quantitative estimate of drug-likeness (QED) is 0.805. The molecule has 4 heteroatoms. The van der Waals surface area contributed by atoms with Crippen LogP contribution in [0.4, 0.5) is 0 Å². The molecule has 0 spiro atoms. The van der Waals surface area contributed by atoms with E-state index in [1.807, 2.05) is 6.92 Å². The fraction of sp³-hybridized carbons (Fsp3) is 0.750. The summed E-state index contributed by atoms with van der Waals surface area (Å²) >= 11 is 1.71. The molecule has 2 N–H and O–H groups in total. The molecule has 1 atom stereocenters. The average molecular weight is 242 g/mol. The number of nitrogens with one attached hydrogen (secondary N) is 1. The molecule has 92 valence electrons. The lowest BCUT2D eigenvalue weighted by Crippen LogP contribution is -2.44. The van der Waals surface area contributed by atoms with E-state index >= 15 is 0 Å². The van der Waals surface area contributed by atoms with E-state index in [2.05, 4.69) is 36.5 Å². The highest BCUT2D eigenvalue weighted by Crippen LogP contribution is 2.19. The maximum Gasteiger partial charge on any atom is 0.0954 e. The zero-order chi connectivity index (χ0) is 12.2. The predicted molar refractivity (Wildman–Crippen MR) is 68.8 cm³/mol. The molecular weight excluding hydrogens is 220 g/mol.